The van der Waals surface area contributed by atoms with Gasteiger partial charge in [-0.1, -0.05) is 12.1 Å². The SMILES string of the molecule is OC1C[C@H]2COC[C@@H](C1)N2c1nc2ccccc2n2cccc12. The molecule has 2 bridgehead atoms. The molecule has 3 aromatic rings. The summed E-state index contributed by atoms with van der Waals surface area (Å²) in [6, 6.07) is 12.8. The van der Waals surface area contributed by atoms with Crippen molar-refractivity contribution >= 4 is 22.4 Å². The Hall–Kier alpha value is -2.11. The number of para-hydroxylation sites is 2. The molecule has 23 heavy (non-hydrogen) atoms. The van der Waals surface area contributed by atoms with E-state index in [2.05, 4.69) is 39.8 Å². The Morgan fingerprint density at radius 3 is 2.57 bits per heavy atom. The van der Waals surface area contributed by atoms with Gasteiger partial charge in [0.15, 0.2) is 5.82 Å². The number of rotatable bonds is 1. The molecule has 4 heterocycles. The first-order valence-electron chi connectivity index (χ1n) is 8.21. The summed E-state index contributed by atoms with van der Waals surface area (Å²) in [6.45, 7) is 1.32. The summed E-state index contributed by atoms with van der Waals surface area (Å²) >= 11 is 0. The van der Waals surface area contributed by atoms with Crippen molar-refractivity contribution in [1.82, 2.24) is 9.38 Å². The standard InChI is InChI=1S/C18H19N3O2/c22-14-8-12-10-23-11-13(9-14)21(12)18-17-6-3-7-20(17)16-5-2-1-4-15(16)19-18/h1-7,12-14,22H,8-11H2/t12-,13+,14?. The summed E-state index contributed by atoms with van der Waals surface area (Å²) < 4.78 is 7.94. The number of aliphatic hydroxyl groups excluding tert-OH is 1. The van der Waals surface area contributed by atoms with Gasteiger partial charge in [0, 0.05) is 6.20 Å². The van der Waals surface area contributed by atoms with Gasteiger partial charge in [-0.3, -0.25) is 0 Å². The lowest BCUT2D eigenvalue weighted by atomic mass is 9.92. The monoisotopic (exact) mass is 309 g/mol. The zero-order valence-corrected chi connectivity index (χ0v) is 12.8. The van der Waals surface area contributed by atoms with Gasteiger partial charge in [-0.05, 0) is 37.1 Å². The lowest BCUT2D eigenvalue weighted by Gasteiger charge is -2.48. The van der Waals surface area contributed by atoms with Crippen LogP contribution in [-0.4, -0.2) is 45.9 Å². The molecule has 0 amide bonds. The summed E-state index contributed by atoms with van der Waals surface area (Å²) in [6.07, 6.45) is 3.36. The molecule has 0 saturated carbocycles. The van der Waals surface area contributed by atoms with Gasteiger partial charge >= 0.3 is 0 Å². The molecule has 2 aromatic heterocycles. The number of hydrogen-bond acceptors (Lipinski definition) is 4. The van der Waals surface area contributed by atoms with E-state index in [4.69, 9.17) is 9.72 Å². The second kappa shape index (κ2) is 4.94. The molecule has 3 atom stereocenters. The third kappa shape index (κ3) is 1.97. The Labute approximate surface area is 134 Å². The van der Waals surface area contributed by atoms with Gasteiger partial charge in [0.1, 0.15) is 0 Å². The number of hydrogen-bond donors (Lipinski definition) is 1. The average Bonchev–Trinajstić information content (AvgIpc) is 3.03. The maximum absolute atomic E-state index is 10.1. The maximum atomic E-state index is 10.1. The molecular formula is C18H19N3O2. The molecule has 2 aliphatic rings. The second-order valence-electron chi connectivity index (χ2n) is 6.57. The van der Waals surface area contributed by atoms with Crippen LogP contribution in [0.4, 0.5) is 5.82 Å². The molecule has 1 N–H and O–H groups in total. The molecular weight excluding hydrogens is 290 g/mol. The van der Waals surface area contributed by atoms with Crippen LogP contribution in [0.25, 0.3) is 16.6 Å². The van der Waals surface area contributed by atoms with E-state index in [0.29, 0.717) is 13.2 Å². The number of anilines is 1. The first-order valence-corrected chi connectivity index (χ1v) is 8.21. The fourth-order valence-electron chi connectivity index (χ4n) is 4.13. The molecule has 2 aliphatic heterocycles. The molecule has 0 aliphatic carbocycles. The van der Waals surface area contributed by atoms with Crippen molar-refractivity contribution in [3.63, 3.8) is 0 Å². The molecule has 5 nitrogen and oxygen atoms in total. The second-order valence-corrected chi connectivity index (χ2v) is 6.57. The highest BCUT2D eigenvalue weighted by Gasteiger charge is 2.40. The molecule has 0 spiro atoms. The molecule has 5 heteroatoms. The van der Waals surface area contributed by atoms with Gasteiger partial charge in [0.05, 0.1) is 48.0 Å². The van der Waals surface area contributed by atoms with Gasteiger partial charge in [-0.25, -0.2) is 4.98 Å². The summed E-state index contributed by atoms with van der Waals surface area (Å²) in [4.78, 5) is 7.36. The highest BCUT2D eigenvalue weighted by Crippen LogP contribution is 2.35. The maximum Gasteiger partial charge on any atom is 0.154 e. The van der Waals surface area contributed by atoms with E-state index >= 15 is 0 Å². The predicted octanol–water partition coefficient (Wildman–Crippen LogP) is 2.22. The van der Waals surface area contributed by atoms with Crippen molar-refractivity contribution in [2.45, 2.75) is 31.0 Å². The summed E-state index contributed by atoms with van der Waals surface area (Å²) in [7, 11) is 0. The number of morpholine rings is 1. The van der Waals surface area contributed by atoms with E-state index in [1.54, 1.807) is 0 Å². The smallest absolute Gasteiger partial charge is 0.154 e. The van der Waals surface area contributed by atoms with E-state index in [9.17, 15) is 5.11 Å². The summed E-state index contributed by atoms with van der Waals surface area (Å²) in [5, 5.41) is 10.1. The van der Waals surface area contributed by atoms with Crippen molar-refractivity contribution in [3.05, 3.63) is 42.6 Å². The van der Waals surface area contributed by atoms with Gasteiger partial charge in [0.2, 0.25) is 0 Å². The van der Waals surface area contributed by atoms with Gasteiger partial charge in [-0.15, -0.1) is 0 Å². The third-order valence-electron chi connectivity index (χ3n) is 5.09. The third-order valence-corrected chi connectivity index (χ3v) is 5.09. The van der Waals surface area contributed by atoms with Crippen LogP contribution in [0.5, 0.6) is 0 Å². The van der Waals surface area contributed by atoms with Crippen LogP contribution >= 0.6 is 0 Å². The highest BCUT2D eigenvalue weighted by atomic mass is 16.5. The fraction of sp³-hybridized carbons (Fsp3) is 0.389. The van der Waals surface area contributed by atoms with Crippen molar-refractivity contribution < 1.29 is 9.84 Å². The Bertz CT molecular complexity index is 861. The number of ether oxygens (including phenoxy) is 1. The number of nitrogens with zero attached hydrogens (tertiary/aromatic N) is 3. The Morgan fingerprint density at radius 2 is 1.74 bits per heavy atom. The van der Waals surface area contributed by atoms with E-state index in [1.807, 2.05) is 12.1 Å². The average molecular weight is 309 g/mol. The molecule has 118 valence electrons. The predicted molar refractivity (Wildman–Crippen MR) is 88.8 cm³/mol. The van der Waals surface area contributed by atoms with E-state index in [-0.39, 0.29) is 18.2 Å². The summed E-state index contributed by atoms with van der Waals surface area (Å²) in [5.74, 6) is 1.01. The van der Waals surface area contributed by atoms with Crippen molar-refractivity contribution in [3.8, 4) is 0 Å². The molecule has 2 fully saturated rings. The van der Waals surface area contributed by atoms with Crippen LogP contribution in [-0.2, 0) is 4.74 Å². The molecule has 5 rings (SSSR count). The first-order chi connectivity index (χ1) is 11.3. The number of piperidine rings is 1. The van der Waals surface area contributed by atoms with E-state index < -0.39 is 0 Å². The normalized spacial score (nSPS) is 27.7. The Morgan fingerprint density at radius 1 is 1.00 bits per heavy atom. The van der Waals surface area contributed by atoms with E-state index in [1.165, 1.54) is 0 Å². The number of aliphatic hydroxyl groups is 1. The minimum atomic E-state index is -0.228. The van der Waals surface area contributed by atoms with Crippen LogP contribution in [0.15, 0.2) is 42.6 Å². The Kier molecular flexibility index (Phi) is 2.87. The highest BCUT2D eigenvalue weighted by molar-refractivity contribution is 5.85. The van der Waals surface area contributed by atoms with E-state index in [0.717, 1.165) is 35.2 Å². The van der Waals surface area contributed by atoms with Crippen LogP contribution in [0.2, 0.25) is 0 Å². The first kappa shape index (κ1) is 13.3. The number of benzene rings is 1. The molecule has 1 unspecified atom stereocenters. The molecule has 2 saturated heterocycles. The number of aromatic nitrogens is 2. The van der Waals surface area contributed by atoms with Crippen LogP contribution in [0, 0.1) is 0 Å². The Balaban J connectivity index is 1.74. The zero-order chi connectivity index (χ0) is 15.4. The fourth-order valence-corrected chi connectivity index (χ4v) is 4.13. The topological polar surface area (TPSA) is 50.0 Å². The lowest BCUT2D eigenvalue weighted by Crippen LogP contribution is -2.58. The lowest BCUT2D eigenvalue weighted by molar-refractivity contribution is 0.000962. The quantitative estimate of drug-likeness (QED) is 0.749. The van der Waals surface area contributed by atoms with Gasteiger partial charge in [0.25, 0.3) is 0 Å². The van der Waals surface area contributed by atoms with Crippen molar-refractivity contribution in [1.29, 1.82) is 0 Å². The molecule has 1 aromatic carbocycles. The van der Waals surface area contributed by atoms with Crippen LogP contribution < -0.4 is 4.90 Å². The summed E-state index contributed by atoms with van der Waals surface area (Å²) in [5.41, 5.74) is 3.24. The molecule has 0 radical (unpaired) electrons. The minimum Gasteiger partial charge on any atom is -0.393 e. The van der Waals surface area contributed by atoms with Crippen LogP contribution in [0.3, 0.4) is 0 Å². The van der Waals surface area contributed by atoms with Crippen molar-refractivity contribution in [2.75, 3.05) is 18.1 Å². The van der Waals surface area contributed by atoms with Gasteiger partial charge in [-0.2, -0.15) is 0 Å². The largest absolute Gasteiger partial charge is 0.393 e. The van der Waals surface area contributed by atoms with Crippen LogP contribution in [0.1, 0.15) is 12.8 Å². The van der Waals surface area contributed by atoms with Gasteiger partial charge < -0.3 is 19.1 Å². The minimum absolute atomic E-state index is 0.199. The number of fused-ring (bicyclic) bond motifs is 5. The van der Waals surface area contributed by atoms with Crippen molar-refractivity contribution in [2.24, 2.45) is 0 Å². The zero-order valence-electron chi connectivity index (χ0n) is 12.8.